The van der Waals surface area contributed by atoms with E-state index in [2.05, 4.69) is 49.9 Å². The Morgan fingerprint density at radius 2 is 1.84 bits per heavy atom. The highest BCUT2D eigenvalue weighted by molar-refractivity contribution is 5.22. The highest BCUT2D eigenvalue weighted by atomic mass is 15.1. The average Bonchev–Trinajstić information content (AvgIpc) is 2.36. The van der Waals surface area contributed by atoms with Crippen LogP contribution in [0.1, 0.15) is 38.3 Å². The molecule has 1 saturated heterocycles. The first-order valence-electron chi connectivity index (χ1n) is 7.60. The first-order valence-corrected chi connectivity index (χ1v) is 7.60. The molecule has 0 bridgehead atoms. The van der Waals surface area contributed by atoms with Crippen molar-refractivity contribution in [2.24, 2.45) is 17.6 Å². The van der Waals surface area contributed by atoms with Gasteiger partial charge in [-0.15, -0.1) is 0 Å². The Morgan fingerprint density at radius 1 is 1.21 bits per heavy atom. The molecule has 1 aromatic carbocycles. The van der Waals surface area contributed by atoms with Gasteiger partial charge in [0.25, 0.3) is 0 Å². The maximum atomic E-state index is 6.07. The molecule has 19 heavy (non-hydrogen) atoms. The minimum atomic E-state index is 0.393. The topological polar surface area (TPSA) is 29.3 Å². The summed E-state index contributed by atoms with van der Waals surface area (Å²) in [7, 11) is 0. The van der Waals surface area contributed by atoms with Gasteiger partial charge in [0, 0.05) is 19.1 Å². The smallest absolute Gasteiger partial charge is 0.0233 e. The molecule has 1 heterocycles. The van der Waals surface area contributed by atoms with Gasteiger partial charge in [0.15, 0.2) is 0 Å². The molecule has 0 aromatic heterocycles. The molecule has 1 aliphatic rings. The zero-order valence-electron chi connectivity index (χ0n) is 12.6. The Kier molecular flexibility index (Phi) is 5.00. The molecule has 0 amide bonds. The molecule has 0 spiro atoms. The molecule has 0 aliphatic carbocycles. The van der Waals surface area contributed by atoms with E-state index in [1.807, 2.05) is 0 Å². The van der Waals surface area contributed by atoms with E-state index in [0.717, 1.165) is 32.0 Å². The predicted octanol–water partition coefficient (Wildman–Crippen LogP) is 3.05. The summed E-state index contributed by atoms with van der Waals surface area (Å²) in [6.07, 6.45) is 2.31. The van der Waals surface area contributed by atoms with Gasteiger partial charge in [0.05, 0.1) is 0 Å². The van der Waals surface area contributed by atoms with Crippen LogP contribution in [0.3, 0.4) is 0 Å². The lowest BCUT2D eigenvalue weighted by atomic mass is 9.94. The molecule has 2 N–H and O–H groups in total. The number of benzene rings is 1. The second-order valence-corrected chi connectivity index (χ2v) is 6.58. The van der Waals surface area contributed by atoms with Crippen molar-refractivity contribution in [1.82, 2.24) is 4.90 Å². The average molecular weight is 260 g/mol. The van der Waals surface area contributed by atoms with Gasteiger partial charge in [-0.1, -0.05) is 45.0 Å². The van der Waals surface area contributed by atoms with Gasteiger partial charge < -0.3 is 5.73 Å². The molecule has 2 heteroatoms. The van der Waals surface area contributed by atoms with Crippen molar-refractivity contribution in [3.8, 4) is 0 Å². The van der Waals surface area contributed by atoms with Crippen LogP contribution in [-0.2, 0) is 13.0 Å². The van der Waals surface area contributed by atoms with E-state index in [4.69, 9.17) is 5.73 Å². The molecule has 1 fully saturated rings. The molecule has 2 nitrogen and oxygen atoms in total. The normalized spacial score (nSPS) is 24.9. The van der Waals surface area contributed by atoms with Gasteiger partial charge >= 0.3 is 0 Å². The van der Waals surface area contributed by atoms with Crippen molar-refractivity contribution >= 4 is 0 Å². The summed E-state index contributed by atoms with van der Waals surface area (Å²) >= 11 is 0. The largest absolute Gasteiger partial charge is 0.327 e. The van der Waals surface area contributed by atoms with Crippen LogP contribution in [0.2, 0.25) is 0 Å². The number of nitrogens with two attached hydrogens (primary N) is 1. The van der Waals surface area contributed by atoms with E-state index in [1.165, 1.54) is 17.5 Å². The fourth-order valence-electron chi connectivity index (χ4n) is 2.90. The van der Waals surface area contributed by atoms with Crippen LogP contribution in [0.4, 0.5) is 0 Å². The van der Waals surface area contributed by atoms with Gasteiger partial charge in [0.2, 0.25) is 0 Å². The second-order valence-electron chi connectivity index (χ2n) is 6.58. The maximum absolute atomic E-state index is 6.07. The highest BCUT2D eigenvalue weighted by Gasteiger charge is 2.22. The Morgan fingerprint density at radius 3 is 2.42 bits per heavy atom. The molecule has 1 aromatic rings. The first-order chi connectivity index (χ1) is 9.04. The van der Waals surface area contributed by atoms with Crippen LogP contribution >= 0.6 is 0 Å². The van der Waals surface area contributed by atoms with E-state index in [0.29, 0.717) is 12.0 Å². The van der Waals surface area contributed by atoms with Crippen LogP contribution in [0, 0.1) is 11.8 Å². The van der Waals surface area contributed by atoms with E-state index in [9.17, 15) is 0 Å². The number of hydrogen-bond donors (Lipinski definition) is 1. The van der Waals surface area contributed by atoms with Crippen LogP contribution < -0.4 is 5.73 Å². The maximum Gasteiger partial charge on any atom is 0.0233 e. The van der Waals surface area contributed by atoms with Crippen molar-refractivity contribution < 1.29 is 0 Å². The molecular weight excluding hydrogens is 232 g/mol. The van der Waals surface area contributed by atoms with Crippen molar-refractivity contribution in [3.63, 3.8) is 0 Å². The number of rotatable bonds is 4. The zero-order chi connectivity index (χ0) is 13.8. The van der Waals surface area contributed by atoms with Crippen molar-refractivity contribution in [3.05, 3.63) is 35.4 Å². The van der Waals surface area contributed by atoms with Crippen LogP contribution in [0.25, 0.3) is 0 Å². The fraction of sp³-hybridized carbons (Fsp3) is 0.647. The van der Waals surface area contributed by atoms with Crippen LogP contribution in [0.5, 0.6) is 0 Å². The Bertz CT molecular complexity index is 383. The third-order valence-corrected chi connectivity index (χ3v) is 4.13. The minimum Gasteiger partial charge on any atom is -0.327 e. The molecule has 0 saturated carbocycles. The summed E-state index contributed by atoms with van der Waals surface area (Å²) < 4.78 is 0. The number of piperidine rings is 1. The summed E-state index contributed by atoms with van der Waals surface area (Å²) in [5, 5.41) is 0. The third-order valence-electron chi connectivity index (χ3n) is 4.13. The fourth-order valence-corrected chi connectivity index (χ4v) is 2.90. The summed E-state index contributed by atoms with van der Waals surface area (Å²) in [4.78, 5) is 2.53. The van der Waals surface area contributed by atoms with Gasteiger partial charge in [-0.3, -0.25) is 4.90 Å². The summed E-state index contributed by atoms with van der Waals surface area (Å²) in [6, 6.07) is 9.54. The Labute approximate surface area is 118 Å². The van der Waals surface area contributed by atoms with Gasteiger partial charge in [-0.2, -0.15) is 0 Å². The van der Waals surface area contributed by atoms with Crippen molar-refractivity contribution in [2.45, 2.75) is 46.2 Å². The molecule has 2 rings (SSSR count). The SMILES string of the molecule is CC(C)Cc1ccc(CN2CCC(N)C(C)C2)cc1. The molecule has 2 unspecified atom stereocenters. The summed E-state index contributed by atoms with van der Waals surface area (Å²) in [5.74, 6) is 1.35. The lowest BCUT2D eigenvalue weighted by molar-refractivity contribution is 0.158. The van der Waals surface area contributed by atoms with E-state index in [1.54, 1.807) is 0 Å². The predicted molar refractivity (Wildman–Crippen MR) is 82.0 cm³/mol. The molecule has 0 radical (unpaired) electrons. The summed E-state index contributed by atoms with van der Waals surface area (Å²) in [5.41, 5.74) is 8.95. The third kappa shape index (κ3) is 4.32. The molecular formula is C17H28N2. The van der Waals surface area contributed by atoms with Crippen LogP contribution in [0.15, 0.2) is 24.3 Å². The summed E-state index contributed by atoms with van der Waals surface area (Å²) in [6.45, 7) is 10.1. The molecule has 2 atom stereocenters. The molecule has 106 valence electrons. The lowest BCUT2D eigenvalue weighted by Gasteiger charge is -2.35. The minimum absolute atomic E-state index is 0.393. The highest BCUT2D eigenvalue weighted by Crippen LogP contribution is 2.18. The molecule has 1 aliphatic heterocycles. The first kappa shape index (κ1) is 14.5. The van der Waals surface area contributed by atoms with E-state index in [-0.39, 0.29) is 0 Å². The Hall–Kier alpha value is -0.860. The van der Waals surface area contributed by atoms with Gasteiger partial charge in [-0.05, 0) is 42.3 Å². The standard InChI is InChI=1S/C17H28N2/c1-13(2)10-15-4-6-16(7-5-15)12-19-9-8-17(18)14(3)11-19/h4-7,13-14,17H,8-12,18H2,1-3H3. The Balaban J connectivity index is 1.89. The number of nitrogens with zero attached hydrogens (tertiary/aromatic N) is 1. The number of hydrogen-bond acceptors (Lipinski definition) is 2. The zero-order valence-corrected chi connectivity index (χ0v) is 12.6. The van der Waals surface area contributed by atoms with Crippen molar-refractivity contribution in [1.29, 1.82) is 0 Å². The van der Waals surface area contributed by atoms with Crippen molar-refractivity contribution in [2.75, 3.05) is 13.1 Å². The van der Waals surface area contributed by atoms with Gasteiger partial charge in [0.1, 0.15) is 0 Å². The second kappa shape index (κ2) is 6.53. The monoisotopic (exact) mass is 260 g/mol. The lowest BCUT2D eigenvalue weighted by Crippen LogP contribution is -2.45. The number of likely N-dealkylation sites (tertiary alicyclic amines) is 1. The quantitative estimate of drug-likeness (QED) is 0.901. The van der Waals surface area contributed by atoms with E-state index >= 15 is 0 Å². The van der Waals surface area contributed by atoms with Crippen LogP contribution in [-0.4, -0.2) is 24.0 Å². The van der Waals surface area contributed by atoms with Gasteiger partial charge in [-0.25, -0.2) is 0 Å². The van der Waals surface area contributed by atoms with E-state index < -0.39 is 0 Å².